The normalized spacial score (nSPS) is 11.1. The van der Waals surface area contributed by atoms with Gasteiger partial charge in [0.2, 0.25) is 0 Å². The molecular formula is C14H25N3O4. The van der Waals surface area contributed by atoms with Crippen LogP contribution in [0.5, 0.6) is 0 Å². The van der Waals surface area contributed by atoms with Crippen molar-refractivity contribution in [1.29, 1.82) is 0 Å². The van der Waals surface area contributed by atoms with E-state index in [1.54, 1.807) is 19.4 Å². The van der Waals surface area contributed by atoms with Gasteiger partial charge in [-0.25, -0.2) is 4.68 Å². The number of methoxy groups -OCH3 is 1. The predicted octanol–water partition coefficient (Wildman–Crippen LogP) is 0.725. The second kappa shape index (κ2) is 9.49. The summed E-state index contributed by atoms with van der Waals surface area (Å²) in [4.78, 5) is 14.0. The van der Waals surface area contributed by atoms with Crippen LogP contribution in [0.15, 0.2) is 17.1 Å². The Bertz CT molecular complexity index is 458. The first-order chi connectivity index (χ1) is 10.1. The van der Waals surface area contributed by atoms with Gasteiger partial charge in [-0.3, -0.25) is 4.79 Å². The van der Waals surface area contributed by atoms with Crippen LogP contribution in [0, 0.1) is 0 Å². The van der Waals surface area contributed by atoms with Gasteiger partial charge in [-0.2, -0.15) is 5.10 Å². The lowest BCUT2D eigenvalue weighted by molar-refractivity contribution is -0.145. The third-order valence-corrected chi connectivity index (χ3v) is 2.95. The average molecular weight is 299 g/mol. The number of hydrogen-bond donors (Lipinski definition) is 0. The third kappa shape index (κ3) is 5.82. The minimum absolute atomic E-state index is 0.179. The Morgan fingerprint density at radius 2 is 2.00 bits per heavy atom. The van der Waals surface area contributed by atoms with Gasteiger partial charge in [-0.1, -0.05) is 0 Å². The van der Waals surface area contributed by atoms with Gasteiger partial charge in [0.1, 0.15) is 0 Å². The van der Waals surface area contributed by atoms with E-state index in [0.717, 1.165) is 5.69 Å². The molecule has 0 bridgehead atoms. The summed E-state index contributed by atoms with van der Waals surface area (Å²) in [6.07, 6.45) is 1.20. The third-order valence-electron chi connectivity index (χ3n) is 2.95. The van der Waals surface area contributed by atoms with Gasteiger partial charge in [0, 0.05) is 40.0 Å². The number of anilines is 1. The molecule has 0 N–H and O–H groups in total. The van der Waals surface area contributed by atoms with Crippen molar-refractivity contribution in [3.05, 3.63) is 22.6 Å². The summed E-state index contributed by atoms with van der Waals surface area (Å²) >= 11 is 0. The predicted molar refractivity (Wildman–Crippen MR) is 80.7 cm³/mol. The summed E-state index contributed by atoms with van der Waals surface area (Å²) in [5.41, 5.74) is 0.582. The molecule has 1 aromatic rings. The first kappa shape index (κ1) is 17.6. The van der Waals surface area contributed by atoms with Crippen molar-refractivity contribution in [2.75, 3.05) is 45.4 Å². The maximum absolute atomic E-state index is 12.1. The van der Waals surface area contributed by atoms with Crippen LogP contribution < -0.4 is 10.5 Å². The second-order valence-electron chi connectivity index (χ2n) is 4.49. The highest BCUT2D eigenvalue weighted by atomic mass is 16.7. The molecule has 0 aromatic carbocycles. The van der Waals surface area contributed by atoms with Gasteiger partial charge in [-0.05, 0) is 13.8 Å². The molecule has 7 heteroatoms. The average Bonchev–Trinajstić information content (AvgIpc) is 2.47. The molecular weight excluding hydrogens is 274 g/mol. The molecule has 7 nitrogen and oxygen atoms in total. The van der Waals surface area contributed by atoms with Crippen molar-refractivity contribution in [3.8, 4) is 0 Å². The second-order valence-corrected chi connectivity index (χ2v) is 4.49. The minimum atomic E-state index is -0.456. The van der Waals surface area contributed by atoms with E-state index in [-0.39, 0.29) is 12.1 Å². The molecule has 1 aromatic heterocycles. The molecule has 0 aliphatic heterocycles. The van der Waals surface area contributed by atoms with Crippen molar-refractivity contribution >= 4 is 5.69 Å². The maximum Gasteiger partial charge on any atom is 0.268 e. The van der Waals surface area contributed by atoms with Crippen LogP contribution in [0.1, 0.15) is 13.8 Å². The number of ether oxygens (including phenoxy) is 3. The van der Waals surface area contributed by atoms with Gasteiger partial charge >= 0.3 is 0 Å². The van der Waals surface area contributed by atoms with Gasteiger partial charge in [0.15, 0.2) is 6.29 Å². The standard InChI is InChI=1S/C14H25N3O4/c1-5-20-14(21-6-2)11-17-13(18)9-12(10-15-17)16(3)7-8-19-4/h9-10,14H,5-8,11H2,1-4H3. The van der Waals surface area contributed by atoms with Gasteiger partial charge in [-0.15, -0.1) is 0 Å². The number of nitrogens with zero attached hydrogens (tertiary/aromatic N) is 3. The highest BCUT2D eigenvalue weighted by molar-refractivity contribution is 5.41. The summed E-state index contributed by atoms with van der Waals surface area (Å²) < 4.78 is 17.2. The first-order valence-electron chi connectivity index (χ1n) is 7.12. The molecule has 120 valence electrons. The Labute approximate surface area is 125 Å². The van der Waals surface area contributed by atoms with Gasteiger partial charge < -0.3 is 19.1 Å². The summed E-state index contributed by atoms with van der Waals surface area (Å²) in [6.45, 7) is 6.39. The van der Waals surface area contributed by atoms with Crippen LogP contribution >= 0.6 is 0 Å². The van der Waals surface area contributed by atoms with Gasteiger partial charge in [0.05, 0.1) is 25.0 Å². The molecule has 0 aliphatic rings. The number of likely N-dealkylation sites (N-methyl/N-ethyl adjacent to an activating group) is 1. The van der Waals surface area contributed by atoms with Crippen LogP contribution in [0.4, 0.5) is 5.69 Å². The Balaban J connectivity index is 2.75. The number of rotatable bonds is 10. The Morgan fingerprint density at radius 3 is 2.52 bits per heavy atom. The molecule has 0 saturated carbocycles. The Kier molecular flexibility index (Phi) is 7.96. The molecule has 1 heterocycles. The summed E-state index contributed by atoms with van der Waals surface area (Å²) in [7, 11) is 3.54. The van der Waals surface area contributed by atoms with Crippen LogP contribution in [-0.4, -0.2) is 56.6 Å². The van der Waals surface area contributed by atoms with Crippen molar-refractivity contribution in [3.63, 3.8) is 0 Å². The van der Waals surface area contributed by atoms with E-state index in [4.69, 9.17) is 14.2 Å². The fourth-order valence-corrected chi connectivity index (χ4v) is 1.79. The smallest absolute Gasteiger partial charge is 0.268 e. The fraction of sp³-hybridized carbons (Fsp3) is 0.714. The Morgan fingerprint density at radius 1 is 1.33 bits per heavy atom. The molecule has 0 amide bonds. The number of aromatic nitrogens is 2. The maximum atomic E-state index is 12.1. The molecule has 1 rings (SSSR count). The largest absolute Gasteiger partial charge is 0.383 e. The van der Waals surface area contributed by atoms with Gasteiger partial charge in [0.25, 0.3) is 5.56 Å². The molecule has 21 heavy (non-hydrogen) atoms. The Hall–Kier alpha value is -1.44. The number of hydrogen-bond acceptors (Lipinski definition) is 6. The zero-order chi connectivity index (χ0) is 15.7. The highest BCUT2D eigenvalue weighted by Crippen LogP contribution is 2.07. The summed E-state index contributed by atoms with van der Waals surface area (Å²) in [6, 6.07) is 1.55. The van der Waals surface area contributed by atoms with E-state index < -0.39 is 6.29 Å². The summed E-state index contributed by atoms with van der Waals surface area (Å²) in [5.74, 6) is 0. The summed E-state index contributed by atoms with van der Waals surface area (Å²) in [5, 5.41) is 4.17. The lowest BCUT2D eigenvalue weighted by Crippen LogP contribution is -2.33. The van der Waals surface area contributed by atoms with E-state index in [1.807, 2.05) is 25.8 Å². The molecule has 0 atom stereocenters. The zero-order valence-electron chi connectivity index (χ0n) is 13.2. The van der Waals surface area contributed by atoms with Crippen molar-refractivity contribution in [2.24, 2.45) is 0 Å². The molecule has 0 fully saturated rings. The van der Waals surface area contributed by atoms with E-state index in [0.29, 0.717) is 26.4 Å². The minimum Gasteiger partial charge on any atom is -0.383 e. The quantitative estimate of drug-likeness (QED) is 0.593. The molecule has 0 spiro atoms. The topological polar surface area (TPSA) is 65.8 Å². The zero-order valence-corrected chi connectivity index (χ0v) is 13.2. The van der Waals surface area contributed by atoms with Crippen LogP contribution in [0.2, 0.25) is 0 Å². The highest BCUT2D eigenvalue weighted by Gasteiger charge is 2.12. The molecule has 0 radical (unpaired) electrons. The van der Waals surface area contributed by atoms with E-state index in [9.17, 15) is 4.79 Å². The monoisotopic (exact) mass is 299 g/mol. The molecule has 0 aliphatic carbocycles. The molecule has 0 unspecified atom stereocenters. The van der Waals surface area contributed by atoms with E-state index in [2.05, 4.69) is 5.10 Å². The SMILES string of the molecule is CCOC(Cn1ncc(N(C)CCOC)cc1=O)OCC. The lowest BCUT2D eigenvalue weighted by atomic mass is 10.4. The van der Waals surface area contributed by atoms with E-state index in [1.165, 1.54) is 4.68 Å². The fourth-order valence-electron chi connectivity index (χ4n) is 1.79. The van der Waals surface area contributed by atoms with Crippen molar-refractivity contribution in [1.82, 2.24) is 9.78 Å². The van der Waals surface area contributed by atoms with E-state index >= 15 is 0 Å². The lowest BCUT2D eigenvalue weighted by Gasteiger charge is -2.20. The van der Waals surface area contributed by atoms with Crippen LogP contribution in [-0.2, 0) is 20.8 Å². The van der Waals surface area contributed by atoms with Crippen LogP contribution in [0.3, 0.4) is 0 Å². The molecule has 0 saturated heterocycles. The first-order valence-corrected chi connectivity index (χ1v) is 7.12. The van der Waals surface area contributed by atoms with Crippen molar-refractivity contribution < 1.29 is 14.2 Å². The van der Waals surface area contributed by atoms with Crippen molar-refractivity contribution in [2.45, 2.75) is 26.7 Å². The van der Waals surface area contributed by atoms with Crippen LogP contribution in [0.25, 0.3) is 0 Å².